The molecule has 0 aliphatic rings. The smallest absolute Gasteiger partial charge is 0.320 e. The van der Waals surface area contributed by atoms with Crippen LogP contribution < -0.4 is 10.6 Å². The van der Waals surface area contributed by atoms with E-state index in [1.165, 1.54) is 0 Å². The molecule has 0 spiro atoms. The molecule has 22 heavy (non-hydrogen) atoms. The minimum absolute atomic E-state index is 0.276. The lowest BCUT2D eigenvalue weighted by Crippen LogP contribution is -2.35. The van der Waals surface area contributed by atoms with Crippen LogP contribution in [0.5, 0.6) is 0 Å². The lowest BCUT2D eigenvalue weighted by Gasteiger charge is -2.17. The Hall–Kier alpha value is -1.96. The molecule has 0 radical (unpaired) electrons. The van der Waals surface area contributed by atoms with Crippen LogP contribution in [0.15, 0.2) is 18.3 Å². The number of aromatic nitrogens is 3. The fourth-order valence-electron chi connectivity index (χ4n) is 1.83. The molecular weight excluding hydrogens is 302 g/mol. The highest BCUT2D eigenvalue weighted by Gasteiger charge is 2.19. The number of hydrogen-bond acceptors (Lipinski definition) is 4. The molecule has 0 aliphatic heterocycles. The van der Waals surface area contributed by atoms with Crippen molar-refractivity contribution in [3.8, 4) is 0 Å². The van der Waals surface area contributed by atoms with Gasteiger partial charge in [0.25, 0.3) is 0 Å². The van der Waals surface area contributed by atoms with Gasteiger partial charge >= 0.3 is 6.03 Å². The Bertz CT molecular complexity index is 705. The molecule has 120 valence electrons. The molecule has 2 aromatic heterocycles. The summed E-state index contributed by atoms with van der Waals surface area (Å²) < 4.78 is 13.2. The maximum atomic E-state index is 11.9. The normalized spacial score (nSPS) is 13.1. The predicted molar refractivity (Wildman–Crippen MR) is 87.5 cm³/mol. The SMILES string of the molecule is Cc1cc2nccc(NC(=O)NCCS(=O)C(C)(C)C)n2n1. The van der Waals surface area contributed by atoms with Crippen molar-refractivity contribution in [1.29, 1.82) is 0 Å². The van der Waals surface area contributed by atoms with Crippen molar-refractivity contribution in [2.75, 3.05) is 17.6 Å². The number of aryl methyl sites for hydroxylation is 1. The fraction of sp³-hybridized carbons (Fsp3) is 0.500. The van der Waals surface area contributed by atoms with Crippen LogP contribution in [-0.4, -0.2) is 41.9 Å². The number of amides is 2. The van der Waals surface area contributed by atoms with Gasteiger partial charge in [0.1, 0.15) is 5.82 Å². The predicted octanol–water partition coefficient (Wildman–Crippen LogP) is 1.71. The van der Waals surface area contributed by atoms with E-state index < -0.39 is 10.8 Å². The molecule has 0 aliphatic carbocycles. The highest BCUT2D eigenvalue weighted by atomic mass is 32.2. The summed E-state index contributed by atoms with van der Waals surface area (Å²) in [6.07, 6.45) is 1.61. The van der Waals surface area contributed by atoms with Gasteiger partial charge in [-0.3, -0.25) is 9.53 Å². The first-order valence-electron chi connectivity index (χ1n) is 7.02. The molecule has 2 heterocycles. The summed E-state index contributed by atoms with van der Waals surface area (Å²) in [5, 5.41) is 9.69. The average Bonchev–Trinajstić information content (AvgIpc) is 2.79. The van der Waals surface area contributed by atoms with Crippen molar-refractivity contribution in [2.24, 2.45) is 0 Å². The Labute approximate surface area is 132 Å². The van der Waals surface area contributed by atoms with E-state index in [0.29, 0.717) is 23.8 Å². The molecule has 7 nitrogen and oxygen atoms in total. The first-order chi connectivity index (χ1) is 10.3. The lowest BCUT2D eigenvalue weighted by molar-refractivity contribution is 0.252. The number of carbonyl (C=O) groups excluding carboxylic acids is 1. The summed E-state index contributed by atoms with van der Waals surface area (Å²) >= 11 is 0. The topological polar surface area (TPSA) is 88.4 Å². The third-order valence-electron chi connectivity index (χ3n) is 2.98. The van der Waals surface area contributed by atoms with E-state index in [4.69, 9.17) is 0 Å². The second-order valence-electron chi connectivity index (χ2n) is 5.93. The summed E-state index contributed by atoms with van der Waals surface area (Å²) in [5.74, 6) is 0.955. The van der Waals surface area contributed by atoms with Crippen LogP contribution >= 0.6 is 0 Å². The Morgan fingerprint density at radius 3 is 2.82 bits per heavy atom. The summed E-state index contributed by atoms with van der Waals surface area (Å²) in [5.41, 5.74) is 1.49. The molecule has 0 saturated carbocycles. The van der Waals surface area contributed by atoms with Crippen molar-refractivity contribution in [1.82, 2.24) is 19.9 Å². The zero-order valence-corrected chi connectivity index (χ0v) is 14.0. The first kappa shape index (κ1) is 16.4. The summed E-state index contributed by atoms with van der Waals surface area (Å²) in [6.45, 7) is 7.95. The van der Waals surface area contributed by atoms with Gasteiger partial charge in [-0.1, -0.05) is 0 Å². The van der Waals surface area contributed by atoms with E-state index in [2.05, 4.69) is 20.7 Å². The highest BCUT2D eigenvalue weighted by molar-refractivity contribution is 7.86. The number of hydrogen-bond donors (Lipinski definition) is 2. The molecule has 0 saturated heterocycles. The molecular formula is C14H21N5O2S. The van der Waals surface area contributed by atoms with E-state index in [0.717, 1.165) is 5.69 Å². The zero-order chi connectivity index (χ0) is 16.3. The van der Waals surface area contributed by atoms with E-state index in [1.807, 2.05) is 33.8 Å². The number of rotatable bonds is 4. The Kier molecular flexibility index (Phi) is 4.80. The second-order valence-corrected chi connectivity index (χ2v) is 8.25. The average molecular weight is 323 g/mol. The number of nitrogens with zero attached hydrogens (tertiary/aromatic N) is 3. The third kappa shape index (κ3) is 4.03. The molecule has 2 N–H and O–H groups in total. The van der Waals surface area contributed by atoms with Crippen LogP contribution in [0.1, 0.15) is 26.5 Å². The van der Waals surface area contributed by atoms with Crippen LogP contribution in [0, 0.1) is 6.92 Å². The summed E-state index contributed by atoms with van der Waals surface area (Å²) in [4.78, 5) is 16.1. The van der Waals surface area contributed by atoms with Gasteiger partial charge in [0.05, 0.1) is 5.69 Å². The molecule has 0 aromatic carbocycles. The number of anilines is 1. The van der Waals surface area contributed by atoms with Gasteiger partial charge in [0.2, 0.25) is 0 Å². The number of urea groups is 1. The Morgan fingerprint density at radius 2 is 2.14 bits per heavy atom. The van der Waals surface area contributed by atoms with Crippen LogP contribution in [0.25, 0.3) is 5.65 Å². The standard InChI is InChI=1S/C14H21N5O2S/c1-10-9-12-15-6-5-11(19(12)18-10)17-13(20)16-7-8-22(21)14(2,3)4/h5-6,9H,7-8H2,1-4H3,(H2,16,17,20). The maximum absolute atomic E-state index is 11.9. The van der Waals surface area contributed by atoms with Crippen molar-refractivity contribution in [2.45, 2.75) is 32.4 Å². The molecule has 2 rings (SSSR count). The molecule has 2 aromatic rings. The number of fused-ring (bicyclic) bond motifs is 1. The molecule has 0 fully saturated rings. The van der Waals surface area contributed by atoms with Crippen molar-refractivity contribution >= 4 is 28.3 Å². The molecule has 1 atom stereocenters. The van der Waals surface area contributed by atoms with Crippen molar-refractivity contribution in [3.05, 3.63) is 24.0 Å². The van der Waals surface area contributed by atoms with Crippen LogP contribution in [0.2, 0.25) is 0 Å². The van der Waals surface area contributed by atoms with E-state index in [9.17, 15) is 9.00 Å². The maximum Gasteiger partial charge on any atom is 0.320 e. The van der Waals surface area contributed by atoms with E-state index in [1.54, 1.807) is 16.8 Å². The number of nitrogens with one attached hydrogen (secondary N) is 2. The van der Waals surface area contributed by atoms with Gasteiger partial charge in [0, 0.05) is 40.1 Å². The minimum Gasteiger partial charge on any atom is -0.337 e. The van der Waals surface area contributed by atoms with Gasteiger partial charge in [-0.25, -0.2) is 9.78 Å². The molecule has 8 heteroatoms. The summed E-state index contributed by atoms with van der Waals surface area (Å²) in [6, 6.07) is 3.15. The second kappa shape index (κ2) is 6.43. The quantitative estimate of drug-likeness (QED) is 0.896. The van der Waals surface area contributed by atoms with Gasteiger partial charge in [-0.05, 0) is 33.8 Å². The zero-order valence-electron chi connectivity index (χ0n) is 13.2. The largest absolute Gasteiger partial charge is 0.337 e. The summed E-state index contributed by atoms with van der Waals surface area (Å²) in [7, 11) is -0.989. The van der Waals surface area contributed by atoms with Crippen LogP contribution in [0.4, 0.5) is 10.6 Å². The van der Waals surface area contributed by atoms with Crippen molar-refractivity contribution < 1.29 is 9.00 Å². The number of carbonyl (C=O) groups is 1. The lowest BCUT2D eigenvalue weighted by atomic mass is 10.3. The minimum atomic E-state index is -0.989. The third-order valence-corrected chi connectivity index (χ3v) is 4.92. The molecule has 1 unspecified atom stereocenters. The van der Waals surface area contributed by atoms with Gasteiger partial charge in [0.15, 0.2) is 5.65 Å². The fourth-order valence-corrected chi connectivity index (χ4v) is 2.73. The molecule has 0 bridgehead atoms. The van der Waals surface area contributed by atoms with Gasteiger partial charge in [-0.15, -0.1) is 0 Å². The highest BCUT2D eigenvalue weighted by Crippen LogP contribution is 2.11. The van der Waals surface area contributed by atoms with E-state index >= 15 is 0 Å². The van der Waals surface area contributed by atoms with Crippen LogP contribution in [0.3, 0.4) is 0 Å². The Balaban J connectivity index is 1.93. The monoisotopic (exact) mass is 323 g/mol. The van der Waals surface area contributed by atoms with Crippen molar-refractivity contribution in [3.63, 3.8) is 0 Å². The van der Waals surface area contributed by atoms with Gasteiger partial charge < -0.3 is 5.32 Å². The molecule has 2 amide bonds. The van der Waals surface area contributed by atoms with Crippen LogP contribution in [-0.2, 0) is 10.8 Å². The Morgan fingerprint density at radius 1 is 1.41 bits per heavy atom. The van der Waals surface area contributed by atoms with E-state index in [-0.39, 0.29) is 10.8 Å². The first-order valence-corrected chi connectivity index (χ1v) is 8.34. The van der Waals surface area contributed by atoms with Gasteiger partial charge in [-0.2, -0.15) is 9.61 Å².